The number of ether oxygens (including phenoxy) is 2. The summed E-state index contributed by atoms with van der Waals surface area (Å²) in [5.41, 5.74) is -0.169. The van der Waals surface area contributed by atoms with Crippen molar-refractivity contribution in [3.05, 3.63) is 0 Å². The topological polar surface area (TPSA) is 54.0 Å². The molecule has 2 N–H and O–H groups in total. The van der Waals surface area contributed by atoms with Gasteiger partial charge >= 0.3 is 0 Å². The van der Waals surface area contributed by atoms with E-state index < -0.39 is 0 Å². The molecule has 1 saturated heterocycles. The summed E-state index contributed by atoms with van der Waals surface area (Å²) < 4.78 is 11.0. The zero-order valence-corrected chi connectivity index (χ0v) is 12.1. The molecule has 0 radical (unpaired) electrons. The standard InChI is InChI=1S/C13H28N2O3/c1-13(2,17-4)12(14-3)5-6-15-7-8-18-11(9-15)10-16/h11-12,14,16H,5-10H2,1-4H3. The van der Waals surface area contributed by atoms with Crippen LogP contribution in [0.15, 0.2) is 0 Å². The van der Waals surface area contributed by atoms with Crippen LogP contribution >= 0.6 is 0 Å². The van der Waals surface area contributed by atoms with Crippen LogP contribution in [0.25, 0.3) is 0 Å². The molecule has 0 aromatic heterocycles. The molecule has 108 valence electrons. The molecule has 1 heterocycles. The van der Waals surface area contributed by atoms with Gasteiger partial charge < -0.3 is 19.9 Å². The number of morpholine rings is 1. The molecular weight excluding hydrogens is 232 g/mol. The van der Waals surface area contributed by atoms with Gasteiger partial charge in [-0.3, -0.25) is 4.90 Å². The first-order valence-corrected chi connectivity index (χ1v) is 6.70. The van der Waals surface area contributed by atoms with Crippen molar-refractivity contribution in [1.29, 1.82) is 0 Å². The SMILES string of the molecule is CNC(CCN1CCOC(CO)C1)C(C)(C)OC. The highest BCUT2D eigenvalue weighted by Gasteiger charge is 2.29. The highest BCUT2D eigenvalue weighted by molar-refractivity contribution is 4.85. The summed E-state index contributed by atoms with van der Waals surface area (Å²) >= 11 is 0. The Kier molecular flexibility index (Phi) is 6.52. The molecule has 2 atom stereocenters. The summed E-state index contributed by atoms with van der Waals surface area (Å²) in [5.74, 6) is 0. The van der Waals surface area contributed by atoms with Gasteiger partial charge in [0.2, 0.25) is 0 Å². The van der Waals surface area contributed by atoms with Gasteiger partial charge in [-0.25, -0.2) is 0 Å². The lowest BCUT2D eigenvalue weighted by Gasteiger charge is -2.36. The number of methoxy groups -OCH3 is 1. The minimum atomic E-state index is -0.169. The fraction of sp³-hybridized carbons (Fsp3) is 1.00. The maximum Gasteiger partial charge on any atom is 0.0932 e. The van der Waals surface area contributed by atoms with E-state index in [-0.39, 0.29) is 18.3 Å². The van der Waals surface area contributed by atoms with Gasteiger partial charge in [0, 0.05) is 26.2 Å². The van der Waals surface area contributed by atoms with Crippen LogP contribution in [0.2, 0.25) is 0 Å². The molecule has 0 saturated carbocycles. The predicted octanol–water partition coefficient (Wildman–Crippen LogP) is 0.0826. The average molecular weight is 260 g/mol. The molecule has 5 heteroatoms. The average Bonchev–Trinajstić information content (AvgIpc) is 2.39. The number of nitrogens with one attached hydrogen (secondary N) is 1. The summed E-state index contributed by atoms with van der Waals surface area (Å²) in [5, 5.41) is 12.4. The van der Waals surface area contributed by atoms with E-state index >= 15 is 0 Å². The van der Waals surface area contributed by atoms with Crippen molar-refractivity contribution in [1.82, 2.24) is 10.2 Å². The van der Waals surface area contributed by atoms with Crippen molar-refractivity contribution < 1.29 is 14.6 Å². The Hall–Kier alpha value is -0.200. The first kappa shape index (κ1) is 15.9. The Bertz CT molecular complexity index is 236. The van der Waals surface area contributed by atoms with E-state index in [2.05, 4.69) is 24.1 Å². The highest BCUT2D eigenvalue weighted by atomic mass is 16.5. The van der Waals surface area contributed by atoms with E-state index in [0.29, 0.717) is 12.6 Å². The van der Waals surface area contributed by atoms with Gasteiger partial charge in [0.15, 0.2) is 0 Å². The summed E-state index contributed by atoms with van der Waals surface area (Å²) in [6.07, 6.45) is 0.998. The fourth-order valence-electron chi connectivity index (χ4n) is 2.39. The lowest BCUT2D eigenvalue weighted by atomic mass is 9.95. The van der Waals surface area contributed by atoms with Crippen molar-refractivity contribution in [2.75, 3.05) is 47.0 Å². The smallest absolute Gasteiger partial charge is 0.0932 e. The maximum absolute atomic E-state index is 9.12. The molecule has 0 aliphatic carbocycles. The van der Waals surface area contributed by atoms with Crippen LogP contribution in [-0.4, -0.2) is 74.8 Å². The highest BCUT2D eigenvalue weighted by Crippen LogP contribution is 2.17. The van der Waals surface area contributed by atoms with Gasteiger partial charge in [0.1, 0.15) is 0 Å². The normalized spacial score (nSPS) is 24.2. The van der Waals surface area contributed by atoms with E-state index in [9.17, 15) is 0 Å². The lowest BCUT2D eigenvalue weighted by molar-refractivity contribution is -0.0575. The van der Waals surface area contributed by atoms with Crippen LogP contribution in [0.5, 0.6) is 0 Å². The molecule has 2 unspecified atom stereocenters. The van der Waals surface area contributed by atoms with Gasteiger partial charge in [-0.15, -0.1) is 0 Å². The third-order valence-corrected chi connectivity index (χ3v) is 3.87. The third-order valence-electron chi connectivity index (χ3n) is 3.87. The molecule has 1 aliphatic heterocycles. The lowest BCUT2D eigenvalue weighted by Crippen LogP contribution is -2.50. The Morgan fingerprint density at radius 3 is 2.83 bits per heavy atom. The van der Waals surface area contributed by atoms with Crippen molar-refractivity contribution in [2.45, 2.75) is 38.0 Å². The quantitative estimate of drug-likeness (QED) is 0.679. The maximum atomic E-state index is 9.12. The van der Waals surface area contributed by atoms with Crippen molar-refractivity contribution >= 4 is 0 Å². The minimum Gasteiger partial charge on any atom is -0.394 e. The van der Waals surface area contributed by atoms with Gasteiger partial charge in [0.25, 0.3) is 0 Å². The first-order valence-electron chi connectivity index (χ1n) is 6.70. The zero-order valence-electron chi connectivity index (χ0n) is 12.1. The molecule has 0 aromatic rings. The van der Waals surface area contributed by atoms with Crippen LogP contribution in [0.1, 0.15) is 20.3 Å². The van der Waals surface area contributed by atoms with Gasteiger partial charge in [-0.1, -0.05) is 0 Å². The van der Waals surface area contributed by atoms with Crippen LogP contribution < -0.4 is 5.32 Å². The van der Waals surface area contributed by atoms with Crippen LogP contribution in [-0.2, 0) is 9.47 Å². The van der Waals surface area contributed by atoms with E-state index in [4.69, 9.17) is 14.6 Å². The zero-order chi connectivity index (χ0) is 13.6. The molecule has 0 spiro atoms. The minimum absolute atomic E-state index is 0.0257. The Morgan fingerprint density at radius 1 is 1.56 bits per heavy atom. The first-order chi connectivity index (χ1) is 8.53. The van der Waals surface area contributed by atoms with Gasteiger partial charge in [0.05, 0.1) is 24.9 Å². The Morgan fingerprint density at radius 2 is 2.28 bits per heavy atom. The van der Waals surface area contributed by atoms with Crippen molar-refractivity contribution in [2.24, 2.45) is 0 Å². The second kappa shape index (κ2) is 7.40. The Balaban J connectivity index is 2.38. The molecule has 5 nitrogen and oxygen atoms in total. The predicted molar refractivity (Wildman–Crippen MR) is 71.8 cm³/mol. The van der Waals surface area contributed by atoms with Gasteiger partial charge in [-0.2, -0.15) is 0 Å². The third kappa shape index (κ3) is 4.48. The summed E-state index contributed by atoms with van der Waals surface area (Å²) in [4.78, 5) is 2.35. The number of hydrogen-bond acceptors (Lipinski definition) is 5. The molecule has 1 fully saturated rings. The second-order valence-electron chi connectivity index (χ2n) is 5.41. The van der Waals surface area contributed by atoms with E-state index in [1.165, 1.54) is 0 Å². The second-order valence-corrected chi connectivity index (χ2v) is 5.41. The number of aliphatic hydroxyl groups is 1. The molecule has 18 heavy (non-hydrogen) atoms. The van der Waals surface area contributed by atoms with Crippen LogP contribution in [0, 0.1) is 0 Å². The largest absolute Gasteiger partial charge is 0.394 e. The number of rotatable bonds is 7. The van der Waals surface area contributed by atoms with Gasteiger partial charge in [-0.05, 0) is 33.9 Å². The number of likely N-dealkylation sites (N-methyl/N-ethyl adjacent to an activating group) is 1. The number of hydrogen-bond donors (Lipinski definition) is 2. The van der Waals surface area contributed by atoms with Crippen LogP contribution in [0.3, 0.4) is 0 Å². The molecule has 0 aromatic carbocycles. The van der Waals surface area contributed by atoms with Crippen molar-refractivity contribution in [3.8, 4) is 0 Å². The number of aliphatic hydroxyl groups excluding tert-OH is 1. The van der Waals surface area contributed by atoms with E-state index in [1.54, 1.807) is 7.11 Å². The molecular formula is C13H28N2O3. The monoisotopic (exact) mass is 260 g/mol. The molecule has 1 rings (SSSR count). The Labute approximate surface area is 110 Å². The van der Waals surface area contributed by atoms with E-state index in [1.807, 2.05) is 7.05 Å². The molecule has 0 amide bonds. The summed E-state index contributed by atoms with van der Waals surface area (Å²) in [7, 11) is 3.72. The summed E-state index contributed by atoms with van der Waals surface area (Å²) in [6, 6.07) is 0.318. The van der Waals surface area contributed by atoms with Crippen molar-refractivity contribution in [3.63, 3.8) is 0 Å². The van der Waals surface area contributed by atoms with E-state index in [0.717, 1.165) is 26.1 Å². The molecule has 1 aliphatic rings. The van der Waals surface area contributed by atoms with Crippen LogP contribution in [0.4, 0.5) is 0 Å². The molecule has 0 bridgehead atoms. The number of nitrogens with zero attached hydrogens (tertiary/aromatic N) is 1. The fourth-order valence-corrected chi connectivity index (χ4v) is 2.39. The summed E-state index contributed by atoms with van der Waals surface area (Å²) in [6.45, 7) is 7.78.